The molecule has 0 bridgehead atoms. The lowest BCUT2D eigenvalue weighted by molar-refractivity contribution is -0.121. The number of ether oxygens (including phenoxy) is 1. The predicted octanol–water partition coefficient (Wildman–Crippen LogP) is 2.62. The first-order valence-corrected chi connectivity index (χ1v) is 8.76. The van der Waals surface area contributed by atoms with Gasteiger partial charge < -0.3 is 19.9 Å². The number of carbonyl (C=O) groups is 2. The first kappa shape index (κ1) is 17.3. The van der Waals surface area contributed by atoms with Crippen LogP contribution in [0.25, 0.3) is 0 Å². The van der Waals surface area contributed by atoms with Crippen LogP contribution in [0.5, 0.6) is 0 Å². The molecule has 6 nitrogen and oxygen atoms in total. The second-order valence-corrected chi connectivity index (χ2v) is 6.63. The van der Waals surface area contributed by atoms with Crippen molar-refractivity contribution in [2.45, 2.75) is 32.2 Å². The molecule has 1 aromatic carbocycles. The summed E-state index contributed by atoms with van der Waals surface area (Å²) in [5.41, 5.74) is 2.10. The van der Waals surface area contributed by atoms with E-state index < -0.39 is 0 Å². The Hall–Kier alpha value is -2.50. The van der Waals surface area contributed by atoms with E-state index >= 15 is 0 Å². The van der Waals surface area contributed by atoms with Gasteiger partial charge in [-0.3, -0.25) is 4.79 Å². The maximum atomic E-state index is 12.6. The van der Waals surface area contributed by atoms with E-state index in [1.807, 2.05) is 28.0 Å². The summed E-state index contributed by atoms with van der Waals surface area (Å²) in [4.78, 5) is 27.6. The van der Waals surface area contributed by atoms with Crippen LogP contribution in [0, 0.1) is 0 Å². The number of piperidine rings is 1. The van der Waals surface area contributed by atoms with Crippen LogP contribution in [-0.2, 0) is 16.0 Å². The van der Waals surface area contributed by atoms with Crippen molar-refractivity contribution in [3.63, 3.8) is 0 Å². The van der Waals surface area contributed by atoms with Crippen LogP contribution in [-0.4, -0.2) is 53.9 Å². The summed E-state index contributed by atoms with van der Waals surface area (Å²) in [6.07, 6.45) is 2.60. The molecule has 25 heavy (non-hydrogen) atoms. The summed E-state index contributed by atoms with van der Waals surface area (Å²) >= 11 is 0. The van der Waals surface area contributed by atoms with Crippen molar-refractivity contribution in [3.05, 3.63) is 42.3 Å². The van der Waals surface area contributed by atoms with E-state index in [0.29, 0.717) is 5.88 Å². The number of hydrogen-bond donors (Lipinski definition) is 1. The molecule has 0 radical (unpaired) electrons. The first-order valence-electron chi connectivity index (χ1n) is 8.76. The number of urea groups is 1. The SMILES string of the molecule is C=C(OCC(C)=O)N1CCC(N2CCc3ccccc3NC2=O)CC1. The van der Waals surface area contributed by atoms with Crippen molar-refractivity contribution in [2.24, 2.45) is 0 Å². The van der Waals surface area contributed by atoms with E-state index in [2.05, 4.69) is 18.0 Å². The third-order valence-corrected chi connectivity index (χ3v) is 4.84. The molecule has 0 aromatic heterocycles. The summed E-state index contributed by atoms with van der Waals surface area (Å²) in [7, 11) is 0. The van der Waals surface area contributed by atoms with Crippen molar-refractivity contribution in [2.75, 3.05) is 31.6 Å². The highest BCUT2D eigenvalue weighted by molar-refractivity contribution is 5.91. The Balaban J connectivity index is 1.55. The molecule has 0 atom stereocenters. The van der Waals surface area contributed by atoms with Crippen LogP contribution in [0.1, 0.15) is 25.3 Å². The lowest BCUT2D eigenvalue weighted by Gasteiger charge is -2.39. The number of ketones is 1. The number of fused-ring (bicyclic) bond motifs is 1. The number of benzene rings is 1. The highest BCUT2D eigenvalue weighted by Crippen LogP contribution is 2.25. The second kappa shape index (κ2) is 7.59. The molecular weight excluding hydrogens is 318 g/mol. The zero-order chi connectivity index (χ0) is 17.8. The Labute approximate surface area is 148 Å². The molecule has 0 spiro atoms. The molecule has 1 saturated heterocycles. The van der Waals surface area contributed by atoms with E-state index in [9.17, 15) is 9.59 Å². The number of nitrogens with zero attached hydrogens (tertiary/aromatic N) is 2. The molecule has 0 saturated carbocycles. The van der Waals surface area contributed by atoms with Gasteiger partial charge in [0, 0.05) is 31.4 Å². The van der Waals surface area contributed by atoms with Crippen LogP contribution in [0.2, 0.25) is 0 Å². The molecule has 2 aliphatic rings. The van der Waals surface area contributed by atoms with E-state index in [1.165, 1.54) is 12.5 Å². The van der Waals surface area contributed by atoms with Gasteiger partial charge in [0.2, 0.25) is 0 Å². The number of para-hydroxylation sites is 1. The molecular formula is C19H25N3O3. The monoisotopic (exact) mass is 343 g/mol. The maximum Gasteiger partial charge on any atom is 0.322 e. The van der Waals surface area contributed by atoms with Gasteiger partial charge in [-0.05, 0) is 44.4 Å². The van der Waals surface area contributed by atoms with Gasteiger partial charge >= 0.3 is 6.03 Å². The average molecular weight is 343 g/mol. The number of likely N-dealkylation sites (tertiary alicyclic amines) is 1. The number of hydrogen-bond acceptors (Lipinski definition) is 4. The van der Waals surface area contributed by atoms with Gasteiger partial charge in [-0.1, -0.05) is 18.2 Å². The third kappa shape index (κ3) is 4.13. The Kier molecular flexibility index (Phi) is 5.26. The smallest absolute Gasteiger partial charge is 0.322 e. The number of nitrogens with one attached hydrogen (secondary N) is 1. The van der Waals surface area contributed by atoms with E-state index in [0.717, 1.165) is 44.6 Å². The quantitative estimate of drug-likeness (QED) is 0.835. The fraction of sp³-hybridized carbons (Fsp3) is 0.474. The number of amides is 2. The molecule has 1 N–H and O–H groups in total. The van der Waals surface area contributed by atoms with Gasteiger partial charge in [-0.2, -0.15) is 0 Å². The van der Waals surface area contributed by atoms with Gasteiger partial charge in [0.25, 0.3) is 0 Å². The normalized spacial score (nSPS) is 18.2. The number of carbonyl (C=O) groups excluding carboxylic acids is 2. The molecule has 0 aliphatic carbocycles. The number of rotatable bonds is 5. The largest absolute Gasteiger partial charge is 0.472 e. The minimum Gasteiger partial charge on any atom is -0.472 e. The van der Waals surface area contributed by atoms with Crippen LogP contribution in [0.3, 0.4) is 0 Å². The van der Waals surface area contributed by atoms with E-state index in [-0.39, 0.29) is 24.5 Å². The van der Waals surface area contributed by atoms with E-state index in [1.54, 1.807) is 0 Å². The van der Waals surface area contributed by atoms with Gasteiger partial charge in [0.1, 0.15) is 6.61 Å². The molecule has 134 valence electrons. The molecule has 2 aliphatic heterocycles. The highest BCUT2D eigenvalue weighted by atomic mass is 16.5. The zero-order valence-electron chi connectivity index (χ0n) is 14.7. The molecule has 6 heteroatoms. The van der Waals surface area contributed by atoms with Crippen molar-refractivity contribution in [1.29, 1.82) is 0 Å². The van der Waals surface area contributed by atoms with Crippen LogP contribution in [0.4, 0.5) is 10.5 Å². The molecule has 1 fully saturated rings. The van der Waals surface area contributed by atoms with Crippen LogP contribution in [0.15, 0.2) is 36.7 Å². The zero-order valence-corrected chi connectivity index (χ0v) is 14.7. The van der Waals surface area contributed by atoms with Gasteiger partial charge in [0.05, 0.1) is 0 Å². The fourth-order valence-electron chi connectivity index (χ4n) is 3.44. The molecule has 2 heterocycles. The summed E-state index contributed by atoms with van der Waals surface area (Å²) in [6.45, 7) is 7.74. The van der Waals surface area contributed by atoms with E-state index in [4.69, 9.17) is 4.74 Å². The van der Waals surface area contributed by atoms with Crippen LogP contribution >= 0.6 is 0 Å². The molecule has 1 aromatic rings. The second-order valence-electron chi connectivity index (χ2n) is 6.63. The highest BCUT2D eigenvalue weighted by Gasteiger charge is 2.30. The van der Waals surface area contributed by atoms with Crippen molar-refractivity contribution in [3.8, 4) is 0 Å². The Morgan fingerprint density at radius 3 is 2.72 bits per heavy atom. The third-order valence-electron chi connectivity index (χ3n) is 4.84. The lowest BCUT2D eigenvalue weighted by Crippen LogP contribution is -2.48. The Morgan fingerprint density at radius 2 is 2.00 bits per heavy atom. The van der Waals surface area contributed by atoms with Crippen molar-refractivity contribution >= 4 is 17.5 Å². The topological polar surface area (TPSA) is 61.9 Å². The van der Waals surface area contributed by atoms with Crippen molar-refractivity contribution < 1.29 is 14.3 Å². The number of anilines is 1. The van der Waals surface area contributed by atoms with Crippen molar-refractivity contribution in [1.82, 2.24) is 9.80 Å². The van der Waals surface area contributed by atoms with Gasteiger partial charge in [-0.25, -0.2) is 4.79 Å². The van der Waals surface area contributed by atoms with Gasteiger partial charge in [0.15, 0.2) is 11.7 Å². The Bertz CT molecular complexity index is 666. The minimum absolute atomic E-state index is 0.0168. The molecule has 3 rings (SSSR count). The Morgan fingerprint density at radius 1 is 1.28 bits per heavy atom. The first-order chi connectivity index (χ1) is 12.0. The summed E-state index contributed by atoms with van der Waals surface area (Å²) in [6, 6.07) is 8.17. The molecule has 0 unspecified atom stereocenters. The summed E-state index contributed by atoms with van der Waals surface area (Å²) in [5, 5.41) is 3.03. The minimum atomic E-state index is -0.0185. The predicted molar refractivity (Wildman–Crippen MR) is 96.2 cm³/mol. The van der Waals surface area contributed by atoms with Crippen LogP contribution < -0.4 is 5.32 Å². The standard InChI is InChI=1S/C19H25N3O3/c1-14(23)13-25-15(2)21-10-8-17(9-11-21)22-12-7-16-5-3-4-6-18(16)20-19(22)24/h3-6,17H,2,7-13H2,1H3,(H,20,24). The van der Waals surface area contributed by atoms with Gasteiger partial charge in [-0.15, -0.1) is 0 Å². The number of Topliss-reactive ketones (excluding diaryl/α,β-unsaturated/α-hetero) is 1. The fourth-order valence-corrected chi connectivity index (χ4v) is 3.44. The lowest BCUT2D eigenvalue weighted by atomic mass is 10.0. The average Bonchev–Trinajstić information content (AvgIpc) is 2.78. The summed E-state index contributed by atoms with van der Waals surface area (Å²) in [5.74, 6) is 0.526. The molecule has 2 amide bonds. The maximum absolute atomic E-state index is 12.6. The summed E-state index contributed by atoms with van der Waals surface area (Å²) < 4.78 is 5.40.